The van der Waals surface area contributed by atoms with E-state index in [0.29, 0.717) is 10.9 Å². The van der Waals surface area contributed by atoms with Gasteiger partial charge >= 0.3 is 5.63 Å². The standard InChI is InChI=1S/C11H7NO4/c12-2-1-6-3-11(15)16-10-5-9(14)8(13)4-7(6)10/h3-5,13-14H,1H2. The molecule has 16 heavy (non-hydrogen) atoms. The van der Waals surface area contributed by atoms with Gasteiger partial charge in [-0.15, -0.1) is 0 Å². The number of hydrogen-bond donors (Lipinski definition) is 2. The second-order valence-electron chi connectivity index (χ2n) is 3.26. The third-order valence-corrected chi connectivity index (χ3v) is 2.19. The minimum Gasteiger partial charge on any atom is -0.504 e. The van der Waals surface area contributed by atoms with Crippen LogP contribution in [0.1, 0.15) is 5.56 Å². The number of nitrogens with zero attached hydrogens (tertiary/aromatic N) is 1. The number of fused-ring (bicyclic) bond motifs is 1. The zero-order valence-electron chi connectivity index (χ0n) is 8.10. The molecule has 0 spiro atoms. The van der Waals surface area contributed by atoms with Gasteiger partial charge in [0.1, 0.15) is 5.58 Å². The fourth-order valence-electron chi connectivity index (χ4n) is 1.48. The normalized spacial score (nSPS) is 10.2. The third kappa shape index (κ3) is 1.57. The van der Waals surface area contributed by atoms with E-state index in [4.69, 9.17) is 9.68 Å². The Balaban J connectivity index is 2.85. The zero-order valence-corrected chi connectivity index (χ0v) is 8.10. The summed E-state index contributed by atoms with van der Waals surface area (Å²) in [6.45, 7) is 0. The van der Waals surface area contributed by atoms with Crippen LogP contribution in [-0.4, -0.2) is 10.2 Å². The smallest absolute Gasteiger partial charge is 0.336 e. The van der Waals surface area contributed by atoms with Crippen LogP contribution in [0, 0.1) is 11.3 Å². The van der Waals surface area contributed by atoms with E-state index < -0.39 is 5.63 Å². The van der Waals surface area contributed by atoms with Gasteiger partial charge in [-0.2, -0.15) is 5.26 Å². The summed E-state index contributed by atoms with van der Waals surface area (Å²) in [7, 11) is 0. The van der Waals surface area contributed by atoms with Crippen molar-refractivity contribution in [2.75, 3.05) is 0 Å². The summed E-state index contributed by atoms with van der Waals surface area (Å²) in [5.41, 5.74) is 0.0138. The maximum Gasteiger partial charge on any atom is 0.336 e. The molecule has 0 radical (unpaired) electrons. The first-order valence-electron chi connectivity index (χ1n) is 4.47. The van der Waals surface area contributed by atoms with Crippen LogP contribution >= 0.6 is 0 Å². The molecule has 0 fully saturated rings. The molecule has 0 saturated heterocycles. The van der Waals surface area contributed by atoms with E-state index in [1.165, 1.54) is 12.1 Å². The lowest BCUT2D eigenvalue weighted by Gasteiger charge is -2.03. The highest BCUT2D eigenvalue weighted by Crippen LogP contribution is 2.31. The van der Waals surface area contributed by atoms with Gasteiger partial charge in [-0.1, -0.05) is 0 Å². The molecule has 0 aliphatic rings. The molecule has 80 valence electrons. The van der Waals surface area contributed by atoms with Gasteiger partial charge in [0.2, 0.25) is 0 Å². The summed E-state index contributed by atoms with van der Waals surface area (Å²) in [4.78, 5) is 11.2. The Labute approximate surface area is 89.8 Å². The monoisotopic (exact) mass is 217 g/mol. The topological polar surface area (TPSA) is 94.5 Å². The number of benzene rings is 1. The number of phenols is 2. The highest BCUT2D eigenvalue weighted by atomic mass is 16.4. The fraction of sp³-hybridized carbons (Fsp3) is 0.0909. The van der Waals surface area contributed by atoms with Crippen LogP contribution in [0.25, 0.3) is 11.0 Å². The first-order chi connectivity index (χ1) is 7.61. The third-order valence-electron chi connectivity index (χ3n) is 2.19. The molecule has 0 atom stereocenters. The molecule has 0 saturated carbocycles. The maximum atomic E-state index is 11.2. The van der Waals surface area contributed by atoms with Crippen LogP contribution in [0.5, 0.6) is 11.5 Å². The van der Waals surface area contributed by atoms with E-state index in [1.54, 1.807) is 0 Å². The molecule has 1 heterocycles. The molecular formula is C11H7NO4. The van der Waals surface area contributed by atoms with E-state index in [9.17, 15) is 15.0 Å². The molecule has 5 nitrogen and oxygen atoms in total. The average molecular weight is 217 g/mol. The SMILES string of the molecule is N#CCc1cc(=O)oc2cc(O)c(O)cc12. The zero-order chi connectivity index (χ0) is 11.7. The summed E-state index contributed by atoms with van der Waals surface area (Å²) in [6.07, 6.45) is 0.0340. The lowest BCUT2D eigenvalue weighted by Crippen LogP contribution is -2.00. The van der Waals surface area contributed by atoms with Crippen molar-refractivity contribution >= 4 is 11.0 Å². The van der Waals surface area contributed by atoms with Gasteiger partial charge < -0.3 is 14.6 Å². The number of phenolic OH excluding ortho intramolecular Hbond substituents is 2. The molecule has 2 rings (SSSR count). The Hall–Kier alpha value is -2.48. The Bertz CT molecular complexity index is 651. The van der Waals surface area contributed by atoms with Crippen LogP contribution in [0.4, 0.5) is 0 Å². The van der Waals surface area contributed by atoms with Gasteiger partial charge in [0.25, 0.3) is 0 Å². The summed E-state index contributed by atoms with van der Waals surface area (Å²) < 4.78 is 4.85. The molecule has 1 aromatic carbocycles. The first-order valence-corrected chi connectivity index (χ1v) is 4.47. The number of aromatic hydroxyl groups is 2. The van der Waals surface area contributed by atoms with Crippen molar-refractivity contribution < 1.29 is 14.6 Å². The molecule has 5 heteroatoms. The van der Waals surface area contributed by atoms with E-state index in [0.717, 1.165) is 6.07 Å². The van der Waals surface area contributed by atoms with Crippen LogP contribution in [-0.2, 0) is 6.42 Å². The second-order valence-corrected chi connectivity index (χ2v) is 3.26. The first kappa shape index (κ1) is 10.1. The van der Waals surface area contributed by atoms with Crippen molar-refractivity contribution in [3.8, 4) is 17.6 Å². The molecule has 1 aromatic heterocycles. The van der Waals surface area contributed by atoms with Gasteiger partial charge in [-0.25, -0.2) is 4.79 Å². The summed E-state index contributed by atoms with van der Waals surface area (Å²) >= 11 is 0. The van der Waals surface area contributed by atoms with Gasteiger partial charge in [-0.3, -0.25) is 0 Å². The van der Waals surface area contributed by atoms with Crippen molar-refractivity contribution in [1.29, 1.82) is 5.26 Å². The lowest BCUT2D eigenvalue weighted by molar-refractivity contribution is 0.403. The van der Waals surface area contributed by atoms with Crippen LogP contribution < -0.4 is 5.63 Å². The van der Waals surface area contributed by atoms with Crippen LogP contribution in [0.3, 0.4) is 0 Å². The largest absolute Gasteiger partial charge is 0.504 e. The molecule has 2 N–H and O–H groups in total. The summed E-state index contributed by atoms with van der Waals surface area (Å²) in [5, 5.41) is 27.6. The minimum atomic E-state index is -0.595. The quantitative estimate of drug-likeness (QED) is 0.554. The van der Waals surface area contributed by atoms with Gasteiger partial charge in [0, 0.05) is 17.5 Å². The predicted octanol–water partition coefficient (Wildman–Crippen LogP) is 1.27. The summed E-state index contributed by atoms with van der Waals surface area (Å²) in [6, 6.07) is 5.52. The van der Waals surface area contributed by atoms with E-state index in [-0.39, 0.29) is 23.5 Å². The lowest BCUT2D eigenvalue weighted by atomic mass is 10.1. The Morgan fingerprint density at radius 1 is 1.25 bits per heavy atom. The van der Waals surface area contributed by atoms with Crippen molar-refractivity contribution in [1.82, 2.24) is 0 Å². The van der Waals surface area contributed by atoms with Crippen LogP contribution in [0.15, 0.2) is 27.4 Å². The van der Waals surface area contributed by atoms with Crippen LogP contribution in [0.2, 0.25) is 0 Å². The molecule has 0 amide bonds. The van der Waals surface area contributed by atoms with Crippen molar-refractivity contribution in [2.45, 2.75) is 6.42 Å². The Morgan fingerprint density at radius 3 is 2.62 bits per heavy atom. The van der Waals surface area contributed by atoms with E-state index >= 15 is 0 Å². The Morgan fingerprint density at radius 2 is 1.94 bits per heavy atom. The fourth-order valence-corrected chi connectivity index (χ4v) is 1.48. The van der Waals surface area contributed by atoms with Crippen molar-refractivity contribution in [3.05, 3.63) is 34.2 Å². The van der Waals surface area contributed by atoms with E-state index in [2.05, 4.69) is 0 Å². The summed E-state index contributed by atoms with van der Waals surface area (Å²) in [5.74, 6) is -0.690. The number of rotatable bonds is 1. The predicted molar refractivity (Wildman–Crippen MR) is 55.1 cm³/mol. The van der Waals surface area contributed by atoms with Crippen molar-refractivity contribution in [2.24, 2.45) is 0 Å². The van der Waals surface area contributed by atoms with E-state index in [1.807, 2.05) is 6.07 Å². The molecule has 0 aliphatic heterocycles. The molecular weight excluding hydrogens is 210 g/mol. The number of hydrogen-bond acceptors (Lipinski definition) is 5. The second kappa shape index (κ2) is 3.59. The molecule has 2 aromatic rings. The average Bonchev–Trinajstić information content (AvgIpc) is 2.21. The minimum absolute atomic E-state index is 0.0340. The number of nitriles is 1. The van der Waals surface area contributed by atoms with Gasteiger partial charge in [-0.05, 0) is 11.6 Å². The Kier molecular flexibility index (Phi) is 2.25. The molecule has 0 bridgehead atoms. The highest BCUT2D eigenvalue weighted by molar-refractivity contribution is 5.84. The van der Waals surface area contributed by atoms with Gasteiger partial charge in [0.05, 0.1) is 12.5 Å². The molecule has 0 aliphatic carbocycles. The molecule has 0 unspecified atom stereocenters. The maximum absolute atomic E-state index is 11.2. The van der Waals surface area contributed by atoms with Gasteiger partial charge in [0.15, 0.2) is 11.5 Å². The van der Waals surface area contributed by atoms with Crippen molar-refractivity contribution in [3.63, 3.8) is 0 Å². The highest BCUT2D eigenvalue weighted by Gasteiger charge is 2.09.